The Morgan fingerprint density at radius 3 is 2.73 bits per heavy atom. The van der Waals surface area contributed by atoms with E-state index in [9.17, 15) is 5.11 Å². The number of anilines is 2. The van der Waals surface area contributed by atoms with E-state index in [2.05, 4.69) is 25.5 Å². The van der Waals surface area contributed by atoms with Crippen LogP contribution in [0.15, 0.2) is 42.7 Å². The van der Waals surface area contributed by atoms with Crippen molar-refractivity contribution in [2.24, 2.45) is 0 Å². The van der Waals surface area contributed by atoms with Gasteiger partial charge in [-0.3, -0.25) is 0 Å². The summed E-state index contributed by atoms with van der Waals surface area (Å²) in [7, 11) is 0. The Morgan fingerprint density at radius 2 is 1.95 bits per heavy atom. The highest BCUT2D eigenvalue weighted by atomic mass is 16.3. The highest BCUT2D eigenvalue weighted by molar-refractivity contribution is 5.48. The Hall–Kier alpha value is -2.18. The molecule has 1 unspecified atom stereocenters. The van der Waals surface area contributed by atoms with E-state index in [0.717, 1.165) is 43.4 Å². The van der Waals surface area contributed by atoms with Crippen LogP contribution in [-0.4, -0.2) is 47.8 Å². The molecule has 6 heteroatoms. The first-order chi connectivity index (χ1) is 10.8. The highest BCUT2D eigenvalue weighted by Crippen LogP contribution is 2.16. The lowest BCUT2D eigenvalue weighted by molar-refractivity contribution is 0.191. The summed E-state index contributed by atoms with van der Waals surface area (Å²) < 4.78 is 0. The first kappa shape index (κ1) is 14.7. The van der Waals surface area contributed by atoms with Gasteiger partial charge in [0.05, 0.1) is 6.10 Å². The fourth-order valence-electron chi connectivity index (χ4n) is 2.50. The van der Waals surface area contributed by atoms with Gasteiger partial charge in [0.1, 0.15) is 18.0 Å². The second-order valence-corrected chi connectivity index (χ2v) is 5.31. The summed E-state index contributed by atoms with van der Waals surface area (Å²) in [6.07, 6.45) is 1.01. The molecule has 0 saturated carbocycles. The molecule has 1 fully saturated rings. The largest absolute Gasteiger partial charge is 0.387 e. The summed E-state index contributed by atoms with van der Waals surface area (Å²) >= 11 is 0. The molecule has 1 aliphatic rings. The van der Waals surface area contributed by atoms with Gasteiger partial charge in [0.25, 0.3) is 0 Å². The number of nitrogens with one attached hydrogen (secondary N) is 2. The van der Waals surface area contributed by atoms with Gasteiger partial charge in [0, 0.05) is 38.8 Å². The molecule has 0 radical (unpaired) electrons. The van der Waals surface area contributed by atoms with E-state index in [0.29, 0.717) is 6.54 Å². The van der Waals surface area contributed by atoms with Crippen LogP contribution in [0.2, 0.25) is 0 Å². The maximum Gasteiger partial charge on any atom is 0.134 e. The fourth-order valence-corrected chi connectivity index (χ4v) is 2.50. The molecule has 6 nitrogen and oxygen atoms in total. The molecule has 1 saturated heterocycles. The van der Waals surface area contributed by atoms with Gasteiger partial charge < -0.3 is 20.6 Å². The molecule has 22 heavy (non-hydrogen) atoms. The van der Waals surface area contributed by atoms with Crippen LogP contribution >= 0.6 is 0 Å². The van der Waals surface area contributed by atoms with Crippen molar-refractivity contribution in [2.75, 3.05) is 42.9 Å². The standard InChI is InChI=1S/C16H21N5O/c22-14(13-4-2-1-3-5-13)11-18-15-10-16(20-12-19-15)21-8-6-17-7-9-21/h1-5,10,12,14,17,22H,6-9,11H2,(H,18,19,20). The van der Waals surface area contributed by atoms with E-state index in [1.807, 2.05) is 36.4 Å². The lowest BCUT2D eigenvalue weighted by atomic mass is 10.1. The van der Waals surface area contributed by atoms with Crippen molar-refractivity contribution in [3.63, 3.8) is 0 Å². The average molecular weight is 299 g/mol. The third kappa shape index (κ3) is 3.72. The van der Waals surface area contributed by atoms with Crippen LogP contribution < -0.4 is 15.5 Å². The summed E-state index contributed by atoms with van der Waals surface area (Å²) in [4.78, 5) is 10.8. The third-order valence-corrected chi connectivity index (χ3v) is 3.75. The van der Waals surface area contributed by atoms with Crippen LogP contribution in [0.1, 0.15) is 11.7 Å². The summed E-state index contributed by atoms with van der Waals surface area (Å²) in [5.41, 5.74) is 0.895. The van der Waals surface area contributed by atoms with E-state index in [1.165, 1.54) is 0 Å². The van der Waals surface area contributed by atoms with Gasteiger partial charge in [-0.05, 0) is 5.56 Å². The molecule has 3 rings (SSSR count). The lowest BCUT2D eigenvalue weighted by Crippen LogP contribution is -2.43. The maximum absolute atomic E-state index is 10.2. The first-order valence-corrected chi connectivity index (χ1v) is 7.57. The van der Waals surface area contributed by atoms with E-state index < -0.39 is 6.10 Å². The van der Waals surface area contributed by atoms with E-state index in [-0.39, 0.29) is 0 Å². The van der Waals surface area contributed by atoms with Gasteiger partial charge in [0.2, 0.25) is 0 Å². The molecule has 116 valence electrons. The third-order valence-electron chi connectivity index (χ3n) is 3.75. The van der Waals surface area contributed by atoms with Gasteiger partial charge in [-0.25, -0.2) is 9.97 Å². The Balaban J connectivity index is 1.60. The zero-order valence-corrected chi connectivity index (χ0v) is 12.4. The van der Waals surface area contributed by atoms with E-state index in [1.54, 1.807) is 6.33 Å². The van der Waals surface area contributed by atoms with E-state index in [4.69, 9.17) is 0 Å². The fraction of sp³-hybridized carbons (Fsp3) is 0.375. The maximum atomic E-state index is 10.2. The van der Waals surface area contributed by atoms with E-state index >= 15 is 0 Å². The summed E-state index contributed by atoms with van der Waals surface area (Å²) in [5.74, 6) is 1.66. The molecule has 1 aromatic heterocycles. The molecule has 1 aromatic carbocycles. The molecule has 0 aliphatic carbocycles. The van der Waals surface area contributed by atoms with Crippen molar-refractivity contribution in [3.05, 3.63) is 48.3 Å². The number of hydrogen-bond acceptors (Lipinski definition) is 6. The van der Waals surface area contributed by atoms with Gasteiger partial charge in [-0.2, -0.15) is 0 Å². The Labute approximate surface area is 130 Å². The smallest absolute Gasteiger partial charge is 0.134 e. The van der Waals surface area contributed by atoms with Gasteiger partial charge in [-0.1, -0.05) is 30.3 Å². The molecule has 0 amide bonds. The zero-order chi connectivity index (χ0) is 15.2. The monoisotopic (exact) mass is 299 g/mol. The number of aliphatic hydroxyl groups excluding tert-OH is 1. The Kier molecular flexibility index (Phi) is 4.82. The minimum atomic E-state index is -0.557. The number of nitrogens with zero attached hydrogens (tertiary/aromatic N) is 3. The predicted molar refractivity (Wildman–Crippen MR) is 87.0 cm³/mol. The topological polar surface area (TPSA) is 73.3 Å². The minimum Gasteiger partial charge on any atom is -0.387 e. The average Bonchev–Trinajstić information content (AvgIpc) is 2.61. The Bertz CT molecular complexity index is 586. The molecule has 0 bridgehead atoms. The molecule has 2 heterocycles. The summed E-state index contributed by atoms with van der Waals surface area (Å²) in [6, 6.07) is 11.5. The van der Waals surface area contributed by atoms with Crippen LogP contribution in [-0.2, 0) is 0 Å². The predicted octanol–water partition coefficient (Wildman–Crippen LogP) is 1.03. The highest BCUT2D eigenvalue weighted by Gasteiger charge is 2.13. The minimum absolute atomic E-state index is 0.419. The normalized spacial score (nSPS) is 16.3. The van der Waals surface area contributed by atoms with Gasteiger partial charge >= 0.3 is 0 Å². The quantitative estimate of drug-likeness (QED) is 0.766. The SMILES string of the molecule is OC(CNc1cc(N2CCNCC2)ncn1)c1ccccc1. The van der Waals surface area contributed by atoms with Crippen LogP contribution in [0, 0.1) is 0 Å². The second kappa shape index (κ2) is 7.20. The van der Waals surface area contributed by atoms with Crippen molar-refractivity contribution in [3.8, 4) is 0 Å². The van der Waals surface area contributed by atoms with Crippen LogP contribution in [0.3, 0.4) is 0 Å². The van der Waals surface area contributed by atoms with Crippen molar-refractivity contribution in [2.45, 2.75) is 6.10 Å². The number of rotatable bonds is 5. The molecule has 1 aliphatic heterocycles. The second-order valence-electron chi connectivity index (χ2n) is 5.31. The van der Waals surface area contributed by atoms with Crippen molar-refractivity contribution >= 4 is 11.6 Å². The first-order valence-electron chi connectivity index (χ1n) is 7.57. The number of benzene rings is 1. The lowest BCUT2D eigenvalue weighted by Gasteiger charge is -2.28. The van der Waals surface area contributed by atoms with Crippen molar-refractivity contribution < 1.29 is 5.11 Å². The number of aromatic nitrogens is 2. The molecule has 1 atom stereocenters. The van der Waals surface area contributed by atoms with Crippen LogP contribution in [0.4, 0.5) is 11.6 Å². The molecular weight excluding hydrogens is 278 g/mol. The summed E-state index contributed by atoms with van der Waals surface area (Å²) in [5, 5.41) is 16.7. The van der Waals surface area contributed by atoms with Crippen LogP contribution in [0.25, 0.3) is 0 Å². The Morgan fingerprint density at radius 1 is 1.18 bits per heavy atom. The van der Waals surface area contributed by atoms with Gasteiger partial charge in [-0.15, -0.1) is 0 Å². The molecule has 2 aromatic rings. The number of aliphatic hydroxyl groups is 1. The number of piperazine rings is 1. The van der Waals surface area contributed by atoms with Crippen molar-refractivity contribution in [1.82, 2.24) is 15.3 Å². The summed E-state index contributed by atoms with van der Waals surface area (Å²) in [6.45, 7) is 4.26. The molecular formula is C16H21N5O. The van der Waals surface area contributed by atoms with Crippen LogP contribution in [0.5, 0.6) is 0 Å². The molecule has 0 spiro atoms. The number of hydrogen-bond donors (Lipinski definition) is 3. The molecule has 3 N–H and O–H groups in total. The zero-order valence-electron chi connectivity index (χ0n) is 12.4. The van der Waals surface area contributed by atoms with Crippen molar-refractivity contribution in [1.29, 1.82) is 0 Å². The van der Waals surface area contributed by atoms with Gasteiger partial charge in [0.15, 0.2) is 0 Å².